The fraction of sp³-hybridized carbons (Fsp3) is 0.350. The minimum atomic E-state index is -3.48. The molecule has 0 unspecified atom stereocenters. The largest absolute Gasteiger partial charge is 0.484 e. The maximum absolute atomic E-state index is 12.0. The van der Waals surface area contributed by atoms with Gasteiger partial charge in [0.2, 0.25) is 10.0 Å². The summed E-state index contributed by atoms with van der Waals surface area (Å²) in [4.78, 5) is 12.2. The molecule has 0 aromatic heterocycles. The summed E-state index contributed by atoms with van der Waals surface area (Å²) in [7, 11) is -0.544. The predicted octanol–water partition coefficient (Wildman–Crippen LogP) is 3.47. The molecule has 0 aliphatic heterocycles. The molecule has 2 aromatic rings. The van der Waals surface area contributed by atoms with Gasteiger partial charge in [-0.25, -0.2) is 12.7 Å². The molecule has 0 saturated carbocycles. The lowest BCUT2D eigenvalue weighted by atomic mass is 9.99. The maximum Gasteiger partial charge on any atom is 0.262 e. The van der Waals surface area contributed by atoms with Crippen LogP contribution in [0.25, 0.3) is 0 Å². The molecule has 0 aliphatic rings. The van der Waals surface area contributed by atoms with E-state index in [9.17, 15) is 13.2 Å². The Hall–Kier alpha value is -2.38. The van der Waals surface area contributed by atoms with Crippen LogP contribution in [0.15, 0.2) is 53.4 Å². The Kier molecular flexibility index (Phi) is 6.98. The Balaban J connectivity index is 1.90. The summed E-state index contributed by atoms with van der Waals surface area (Å²) >= 11 is 0. The molecule has 0 heterocycles. The number of ether oxygens (including phenoxy) is 1. The van der Waals surface area contributed by atoms with Crippen LogP contribution in [-0.2, 0) is 14.8 Å². The van der Waals surface area contributed by atoms with Crippen molar-refractivity contribution < 1.29 is 17.9 Å². The second-order valence-corrected chi connectivity index (χ2v) is 8.68. The van der Waals surface area contributed by atoms with E-state index in [-0.39, 0.29) is 17.4 Å². The lowest BCUT2D eigenvalue weighted by molar-refractivity contribution is -0.118. The van der Waals surface area contributed by atoms with Crippen LogP contribution in [0.5, 0.6) is 5.75 Å². The highest BCUT2D eigenvalue weighted by molar-refractivity contribution is 7.89. The summed E-state index contributed by atoms with van der Waals surface area (Å²) in [5.74, 6) is 0.801. The van der Waals surface area contributed by atoms with E-state index in [1.807, 2.05) is 24.3 Å². The summed E-state index contributed by atoms with van der Waals surface area (Å²) < 4.78 is 30.7. The molecule has 2 rings (SSSR count). The number of carbonyl (C=O) groups is 1. The molecule has 1 atom stereocenters. The fourth-order valence-corrected chi connectivity index (χ4v) is 3.30. The van der Waals surface area contributed by atoms with E-state index in [1.165, 1.54) is 31.8 Å². The van der Waals surface area contributed by atoms with Crippen molar-refractivity contribution in [2.24, 2.45) is 0 Å². The highest BCUT2D eigenvalue weighted by Gasteiger charge is 2.16. The number of hydrogen-bond donors (Lipinski definition) is 1. The molecule has 0 fully saturated rings. The van der Waals surface area contributed by atoms with Gasteiger partial charge in [0.15, 0.2) is 6.61 Å². The number of benzene rings is 2. The van der Waals surface area contributed by atoms with Gasteiger partial charge in [0.1, 0.15) is 5.75 Å². The van der Waals surface area contributed by atoms with Crippen molar-refractivity contribution in [2.45, 2.75) is 31.1 Å². The monoisotopic (exact) mass is 390 g/mol. The number of hydrogen-bond acceptors (Lipinski definition) is 4. The van der Waals surface area contributed by atoms with Crippen LogP contribution in [-0.4, -0.2) is 39.3 Å². The average Bonchev–Trinajstić information content (AvgIpc) is 2.66. The molecule has 27 heavy (non-hydrogen) atoms. The Labute approximate surface area is 161 Å². The molecular formula is C20H26N2O4S. The van der Waals surface area contributed by atoms with Gasteiger partial charge in [-0.2, -0.15) is 0 Å². The molecular weight excluding hydrogens is 364 g/mol. The van der Waals surface area contributed by atoms with Crippen LogP contribution in [0.3, 0.4) is 0 Å². The number of amides is 1. The standard InChI is InChI=1S/C20H26N2O4S/c1-5-15(2)16-6-10-18(11-7-16)26-14-20(23)21-17-8-12-19(13-9-17)27(24,25)22(3)4/h6-13,15H,5,14H2,1-4H3,(H,21,23)/t15-/m1/s1. The first kappa shape index (κ1) is 20.9. The SMILES string of the molecule is CC[C@@H](C)c1ccc(OCC(=O)Nc2ccc(S(=O)(=O)N(C)C)cc2)cc1. The molecule has 0 bridgehead atoms. The van der Waals surface area contributed by atoms with Crippen LogP contribution in [0, 0.1) is 0 Å². The molecule has 0 aliphatic carbocycles. The maximum atomic E-state index is 12.0. The van der Waals surface area contributed by atoms with E-state index in [0.29, 0.717) is 17.4 Å². The lowest BCUT2D eigenvalue weighted by Crippen LogP contribution is -2.22. The predicted molar refractivity (Wildman–Crippen MR) is 107 cm³/mol. The first-order valence-electron chi connectivity index (χ1n) is 8.79. The van der Waals surface area contributed by atoms with Gasteiger partial charge in [-0.3, -0.25) is 4.79 Å². The lowest BCUT2D eigenvalue weighted by Gasteiger charge is -2.12. The molecule has 6 nitrogen and oxygen atoms in total. The molecule has 146 valence electrons. The van der Waals surface area contributed by atoms with Gasteiger partial charge in [-0.05, 0) is 54.3 Å². The van der Waals surface area contributed by atoms with Crippen LogP contribution < -0.4 is 10.1 Å². The first-order valence-corrected chi connectivity index (χ1v) is 10.2. The van der Waals surface area contributed by atoms with Gasteiger partial charge in [0.05, 0.1) is 4.90 Å². The van der Waals surface area contributed by atoms with Gasteiger partial charge < -0.3 is 10.1 Å². The minimum Gasteiger partial charge on any atom is -0.484 e. The number of carbonyl (C=O) groups excluding carboxylic acids is 1. The van der Waals surface area contributed by atoms with Crippen molar-refractivity contribution in [2.75, 3.05) is 26.0 Å². The van der Waals surface area contributed by atoms with Gasteiger partial charge in [0, 0.05) is 19.8 Å². The van der Waals surface area contributed by atoms with Gasteiger partial charge in [0.25, 0.3) is 5.91 Å². The van der Waals surface area contributed by atoms with Crippen molar-refractivity contribution in [1.29, 1.82) is 0 Å². The zero-order chi connectivity index (χ0) is 20.0. The minimum absolute atomic E-state index is 0.125. The zero-order valence-corrected chi connectivity index (χ0v) is 16.9. The smallest absolute Gasteiger partial charge is 0.262 e. The van der Waals surface area contributed by atoms with E-state index < -0.39 is 10.0 Å². The van der Waals surface area contributed by atoms with Crippen LogP contribution in [0.4, 0.5) is 5.69 Å². The van der Waals surface area contributed by atoms with Crippen molar-refractivity contribution in [1.82, 2.24) is 4.31 Å². The molecule has 0 radical (unpaired) electrons. The average molecular weight is 391 g/mol. The summed E-state index contributed by atoms with van der Waals surface area (Å²) in [6, 6.07) is 13.7. The van der Waals surface area contributed by atoms with Crippen molar-refractivity contribution in [3.05, 3.63) is 54.1 Å². The topological polar surface area (TPSA) is 75.7 Å². The number of anilines is 1. The van der Waals surface area contributed by atoms with Gasteiger partial charge in [-0.15, -0.1) is 0 Å². The van der Waals surface area contributed by atoms with Crippen LogP contribution in [0.1, 0.15) is 31.7 Å². The van der Waals surface area contributed by atoms with Gasteiger partial charge in [-0.1, -0.05) is 26.0 Å². The fourth-order valence-electron chi connectivity index (χ4n) is 2.40. The normalized spacial score (nSPS) is 12.6. The quantitative estimate of drug-likeness (QED) is 0.749. The first-order chi connectivity index (χ1) is 12.7. The Morgan fingerprint density at radius 2 is 1.67 bits per heavy atom. The summed E-state index contributed by atoms with van der Waals surface area (Å²) in [5, 5.41) is 2.69. The van der Waals surface area contributed by atoms with Crippen molar-refractivity contribution in [3.63, 3.8) is 0 Å². The highest BCUT2D eigenvalue weighted by Crippen LogP contribution is 2.21. The van der Waals surface area contributed by atoms with E-state index in [1.54, 1.807) is 12.1 Å². The second kappa shape index (κ2) is 9.01. The van der Waals surface area contributed by atoms with Crippen LogP contribution in [0.2, 0.25) is 0 Å². The molecule has 1 amide bonds. The molecule has 7 heteroatoms. The Morgan fingerprint density at radius 3 is 2.19 bits per heavy atom. The van der Waals surface area contributed by atoms with E-state index >= 15 is 0 Å². The van der Waals surface area contributed by atoms with Crippen LogP contribution >= 0.6 is 0 Å². The third-order valence-electron chi connectivity index (χ3n) is 4.35. The third-order valence-corrected chi connectivity index (χ3v) is 6.18. The number of nitrogens with one attached hydrogen (secondary N) is 1. The van der Waals surface area contributed by atoms with E-state index in [4.69, 9.17) is 4.74 Å². The Bertz CT molecular complexity index is 860. The third kappa shape index (κ3) is 5.55. The van der Waals surface area contributed by atoms with Crippen molar-refractivity contribution >= 4 is 21.6 Å². The molecule has 0 spiro atoms. The number of nitrogens with zero attached hydrogens (tertiary/aromatic N) is 1. The summed E-state index contributed by atoms with van der Waals surface area (Å²) in [5.41, 5.74) is 1.75. The van der Waals surface area contributed by atoms with E-state index in [0.717, 1.165) is 10.7 Å². The molecule has 1 N–H and O–H groups in total. The molecule has 2 aromatic carbocycles. The zero-order valence-electron chi connectivity index (χ0n) is 16.1. The van der Waals surface area contributed by atoms with Gasteiger partial charge >= 0.3 is 0 Å². The van der Waals surface area contributed by atoms with Crippen molar-refractivity contribution in [3.8, 4) is 5.75 Å². The molecule has 0 saturated heterocycles. The summed E-state index contributed by atoms with van der Waals surface area (Å²) in [6.45, 7) is 4.18. The highest BCUT2D eigenvalue weighted by atomic mass is 32.2. The summed E-state index contributed by atoms with van der Waals surface area (Å²) in [6.07, 6.45) is 1.07. The second-order valence-electron chi connectivity index (χ2n) is 6.53. The number of rotatable bonds is 8. The number of sulfonamides is 1. The Morgan fingerprint density at radius 1 is 1.07 bits per heavy atom. The van der Waals surface area contributed by atoms with E-state index in [2.05, 4.69) is 19.2 Å².